The number of hydrogen-bond acceptors (Lipinski definition) is 3. The Balaban J connectivity index is 2.63. The first-order valence-corrected chi connectivity index (χ1v) is 5.01. The van der Waals surface area contributed by atoms with Gasteiger partial charge in [0.25, 0.3) is 0 Å². The van der Waals surface area contributed by atoms with Crippen molar-refractivity contribution in [2.24, 2.45) is 0 Å². The third-order valence-corrected chi connectivity index (χ3v) is 2.76. The number of piperazine rings is 1. The molecule has 0 amide bonds. The SMILES string of the molecule is CN1CCN(C(C)(C)C)[C@H](CO)C1. The molecule has 1 fully saturated rings. The maximum absolute atomic E-state index is 9.27. The summed E-state index contributed by atoms with van der Waals surface area (Å²) in [6.07, 6.45) is 0. The molecule has 1 heterocycles. The quantitative estimate of drug-likeness (QED) is 0.642. The lowest BCUT2D eigenvalue weighted by molar-refractivity contribution is -0.00645. The van der Waals surface area contributed by atoms with E-state index in [1.807, 2.05) is 0 Å². The van der Waals surface area contributed by atoms with Gasteiger partial charge in [0.2, 0.25) is 0 Å². The Morgan fingerprint density at radius 3 is 2.38 bits per heavy atom. The van der Waals surface area contributed by atoms with E-state index in [9.17, 15) is 5.11 Å². The maximum Gasteiger partial charge on any atom is 0.0599 e. The predicted molar refractivity (Wildman–Crippen MR) is 54.8 cm³/mol. The number of nitrogens with zero attached hydrogens (tertiary/aromatic N) is 2. The molecule has 1 atom stereocenters. The molecular weight excluding hydrogens is 164 g/mol. The number of aliphatic hydroxyl groups is 1. The smallest absolute Gasteiger partial charge is 0.0599 e. The maximum atomic E-state index is 9.27. The van der Waals surface area contributed by atoms with Gasteiger partial charge in [-0.25, -0.2) is 0 Å². The summed E-state index contributed by atoms with van der Waals surface area (Å²) in [6, 6.07) is 0.304. The molecule has 1 N–H and O–H groups in total. The lowest BCUT2D eigenvalue weighted by Crippen LogP contribution is -2.59. The van der Waals surface area contributed by atoms with Gasteiger partial charge in [0.1, 0.15) is 0 Å². The summed E-state index contributed by atoms with van der Waals surface area (Å²) in [4.78, 5) is 4.68. The Bertz CT molecular complexity index is 165. The molecule has 0 saturated carbocycles. The highest BCUT2D eigenvalue weighted by Gasteiger charge is 2.32. The van der Waals surface area contributed by atoms with E-state index >= 15 is 0 Å². The number of hydrogen-bond donors (Lipinski definition) is 1. The van der Waals surface area contributed by atoms with Gasteiger partial charge < -0.3 is 10.0 Å². The number of aliphatic hydroxyl groups excluding tert-OH is 1. The summed E-state index contributed by atoms with van der Waals surface area (Å²) in [5.74, 6) is 0. The van der Waals surface area contributed by atoms with Crippen molar-refractivity contribution in [3.63, 3.8) is 0 Å². The van der Waals surface area contributed by atoms with E-state index in [1.165, 1.54) is 0 Å². The molecule has 78 valence electrons. The highest BCUT2D eigenvalue weighted by atomic mass is 16.3. The molecule has 0 spiro atoms. The van der Waals surface area contributed by atoms with Crippen LogP contribution in [-0.2, 0) is 0 Å². The van der Waals surface area contributed by atoms with Crippen LogP contribution in [0.5, 0.6) is 0 Å². The molecule has 3 heteroatoms. The van der Waals surface area contributed by atoms with E-state index in [0.29, 0.717) is 6.04 Å². The second-order valence-corrected chi connectivity index (χ2v) is 4.96. The van der Waals surface area contributed by atoms with Gasteiger partial charge in [0, 0.05) is 31.2 Å². The fourth-order valence-corrected chi connectivity index (χ4v) is 2.05. The lowest BCUT2D eigenvalue weighted by atomic mass is 10.0. The molecule has 13 heavy (non-hydrogen) atoms. The second-order valence-electron chi connectivity index (χ2n) is 4.96. The summed E-state index contributed by atoms with van der Waals surface area (Å²) in [5.41, 5.74) is 0.175. The molecule has 1 aliphatic rings. The zero-order valence-electron chi connectivity index (χ0n) is 9.25. The first-order chi connectivity index (χ1) is 5.95. The highest BCUT2D eigenvalue weighted by molar-refractivity contribution is 4.88. The van der Waals surface area contributed by atoms with Crippen LogP contribution < -0.4 is 0 Å². The van der Waals surface area contributed by atoms with Crippen LogP contribution >= 0.6 is 0 Å². The summed E-state index contributed by atoms with van der Waals surface area (Å²) in [7, 11) is 2.11. The zero-order chi connectivity index (χ0) is 10.1. The molecule has 1 rings (SSSR count). The average molecular weight is 186 g/mol. The van der Waals surface area contributed by atoms with Crippen molar-refractivity contribution < 1.29 is 5.11 Å². The Morgan fingerprint density at radius 2 is 1.92 bits per heavy atom. The summed E-state index contributed by atoms with van der Waals surface area (Å²) < 4.78 is 0. The minimum Gasteiger partial charge on any atom is -0.395 e. The molecule has 0 aromatic carbocycles. The van der Waals surface area contributed by atoms with Crippen molar-refractivity contribution in [3.8, 4) is 0 Å². The normalized spacial score (nSPS) is 27.9. The van der Waals surface area contributed by atoms with Crippen LogP contribution in [-0.4, -0.2) is 59.8 Å². The molecule has 0 unspecified atom stereocenters. The molecule has 0 bridgehead atoms. The van der Waals surface area contributed by atoms with Crippen LogP contribution in [0.1, 0.15) is 20.8 Å². The third kappa shape index (κ3) is 2.66. The lowest BCUT2D eigenvalue weighted by Gasteiger charge is -2.46. The Labute approximate surface area is 81.3 Å². The Hall–Kier alpha value is -0.120. The molecule has 3 nitrogen and oxygen atoms in total. The summed E-state index contributed by atoms with van der Waals surface area (Å²) >= 11 is 0. The monoisotopic (exact) mass is 186 g/mol. The molecule has 0 aromatic heterocycles. The van der Waals surface area contributed by atoms with Gasteiger partial charge in [-0.2, -0.15) is 0 Å². The molecule has 1 aliphatic heterocycles. The van der Waals surface area contributed by atoms with E-state index in [4.69, 9.17) is 0 Å². The van der Waals surface area contributed by atoms with E-state index in [0.717, 1.165) is 19.6 Å². The van der Waals surface area contributed by atoms with E-state index in [1.54, 1.807) is 0 Å². The topological polar surface area (TPSA) is 26.7 Å². The van der Waals surface area contributed by atoms with Crippen LogP contribution in [0.15, 0.2) is 0 Å². The second kappa shape index (κ2) is 3.95. The van der Waals surface area contributed by atoms with Crippen LogP contribution in [0.3, 0.4) is 0 Å². The first-order valence-electron chi connectivity index (χ1n) is 5.01. The summed E-state index contributed by atoms with van der Waals surface area (Å²) in [5, 5.41) is 9.27. The van der Waals surface area contributed by atoms with Crippen molar-refractivity contribution in [1.29, 1.82) is 0 Å². The van der Waals surface area contributed by atoms with Gasteiger partial charge in [-0.3, -0.25) is 4.90 Å². The van der Waals surface area contributed by atoms with Crippen LogP contribution in [0.2, 0.25) is 0 Å². The van der Waals surface area contributed by atoms with E-state index in [-0.39, 0.29) is 12.1 Å². The first kappa shape index (κ1) is 11.0. The van der Waals surface area contributed by atoms with Gasteiger partial charge in [0.05, 0.1) is 6.61 Å². The van der Waals surface area contributed by atoms with Gasteiger partial charge in [0.15, 0.2) is 0 Å². The molecule has 1 saturated heterocycles. The standard InChI is InChI=1S/C10H22N2O/c1-10(2,3)12-6-5-11(4)7-9(12)8-13/h9,13H,5-8H2,1-4H3/t9-/m0/s1. The van der Waals surface area contributed by atoms with Crippen LogP contribution in [0.25, 0.3) is 0 Å². The molecule has 0 aliphatic carbocycles. The molecular formula is C10H22N2O. The fraction of sp³-hybridized carbons (Fsp3) is 1.00. The van der Waals surface area contributed by atoms with Crippen molar-refractivity contribution in [2.75, 3.05) is 33.3 Å². The van der Waals surface area contributed by atoms with Gasteiger partial charge in [-0.05, 0) is 27.8 Å². The Kier molecular flexibility index (Phi) is 3.33. The van der Waals surface area contributed by atoms with Gasteiger partial charge in [-0.1, -0.05) is 0 Å². The predicted octanol–water partition coefficient (Wildman–Crippen LogP) is 0.393. The van der Waals surface area contributed by atoms with Gasteiger partial charge >= 0.3 is 0 Å². The molecule has 0 aromatic rings. The van der Waals surface area contributed by atoms with E-state index < -0.39 is 0 Å². The minimum atomic E-state index is 0.175. The summed E-state index contributed by atoms with van der Waals surface area (Å²) in [6.45, 7) is 10.0. The number of likely N-dealkylation sites (N-methyl/N-ethyl adjacent to an activating group) is 1. The van der Waals surface area contributed by atoms with Crippen molar-refractivity contribution in [3.05, 3.63) is 0 Å². The van der Waals surface area contributed by atoms with E-state index in [2.05, 4.69) is 37.6 Å². The minimum absolute atomic E-state index is 0.175. The largest absolute Gasteiger partial charge is 0.395 e. The van der Waals surface area contributed by atoms with Crippen LogP contribution in [0.4, 0.5) is 0 Å². The number of rotatable bonds is 1. The molecule has 0 radical (unpaired) electrons. The van der Waals surface area contributed by atoms with Crippen molar-refractivity contribution >= 4 is 0 Å². The highest BCUT2D eigenvalue weighted by Crippen LogP contribution is 2.19. The average Bonchev–Trinajstić information content (AvgIpc) is 2.01. The van der Waals surface area contributed by atoms with Crippen molar-refractivity contribution in [2.45, 2.75) is 32.4 Å². The van der Waals surface area contributed by atoms with Crippen LogP contribution in [0, 0.1) is 0 Å². The fourth-order valence-electron chi connectivity index (χ4n) is 2.05. The zero-order valence-corrected chi connectivity index (χ0v) is 9.25. The van der Waals surface area contributed by atoms with Crippen molar-refractivity contribution in [1.82, 2.24) is 9.80 Å². The Morgan fingerprint density at radius 1 is 1.31 bits per heavy atom. The van der Waals surface area contributed by atoms with Gasteiger partial charge in [-0.15, -0.1) is 0 Å². The third-order valence-electron chi connectivity index (χ3n) is 2.76.